The van der Waals surface area contributed by atoms with Gasteiger partial charge in [0.25, 0.3) is 5.91 Å². The van der Waals surface area contributed by atoms with Gasteiger partial charge in [0.1, 0.15) is 0 Å². The van der Waals surface area contributed by atoms with Gasteiger partial charge < -0.3 is 10.6 Å². The monoisotopic (exact) mass is 305 g/mol. The summed E-state index contributed by atoms with van der Waals surface area (Å²) in [5, 5.41) is 8.68. The molecule has 0 bridgehead atoms. The smallest absolute Gasteiger partial charge is 0.280 e. The Bertz CT molecular complexity index is 780. The summed E-state index contributed by atoms with van der Waals surface area (Å²) in [5.74, 6) is -0.488. The molecule has 1 aliphatic heterocycles. The molecule has 3 rings (SSSR count). The van der Waals surface area contributed by atoms with E-state index in [1.54, 1.807) is 0 Å². The first kappa shape index (κ1) is 14.7. The van der Waals surface area contributed by atoms with Crippen molar-refractivity contribution in [2.75, 3.05) is 0 Å². The molecular formula is C18H15N3O2. The van der Waals surface area contributed by atoms with E-state index >= 15 is 0 Å². The third kappa shape index (κ3) is 3.35. The van der Waals surface area contributed by atoms with Gasteiger partial charge in [-0.25, -0.2) is 0 Å². The fourth-order valence-electron chi connectivity index (χ4n) is 2.36. The van der Waals surface area contributed by atoms with Crippen LogP contribution in [0, 0.1) is 4.91 Å². The molecule has 114 valence electrons. The SMILES string of the molecule is O=NC1=C(NCc2ccccc2)C(=Cc2ccccc2)NC1=O. The molecule has 0 unspecified atom stereocenters. The second-order valence-electron chi connectivity index (χ2n) is 5.08. The lowest BCUT2D eigenvalue weighted by molar-refractivity contribution is -0.116. The van der Waals surface area contributed by atoms with Crippen LogP contribution in [0.25, 0.3) is 6.08 Å². The zero-order valence-corrected chi connectivity index (χ0v) is 12.3. The van der Waals surface area contributed by atoms with E-state index < -0.39 is 5.91 Å². The molecule has 5 heteroatoms. The largest absolute Gasteiger partial charge is 0.377 e. The number of hydrogen-bond acceptors (Lipinski definition) is 4. The normalized spacial score (nSPS) is 15.7. The molecule has 1 amide bonds. The fraction of sp³-hybridized carbons (Fsp3) is 0.0556. The Morgan fingerprint density at radius 2 is 1.65 bits per heavy atom. The van der Waals surface area contributed by atoms with E-state index in [4.69, 9.17) is 0 Å². The van der Waals surface area contributed by atoms with Crippen LogP contribution >= 0.6 is 0 Å². The predicted octanol–water partition coefficient (Wildman–Crippen LogP) is 2.93. The molecule has 1 aliphatic rings. The minimum absolute atomic E-state index is 0.122. The van der Waals surface area contributed by atoms with Crippen LogP contribution in [0.3, 0.4) is 0 Å². The summed E-state index contributed by atoms with van der Waals surface area (Å²) in [7, 11) is 0. The van der Waals surface area contributed by atoms with Crippen LogP contribution in [0.15, 0.2) is 82.9 Å². The summed E-state index contributed by atoms with van der Waals surface area (Å²) in [4.78, 5) is 22.9. The first-order valence-electron chi connectivity index (χ1n) is 7.22. The Kier molecular flexibility index (Phi) is 4.29. The Balaban J connectivity index is 1.88. The molecular weight excluding hydrogens is 290 g/mol. The van der Waals surface area contributed by atoms with Gasteiger partial charge in [-0.05, 0) is 22.4 Å². The Morgan fingerprint density at radius 3 is 2.30 bits per heavy atom. The molecule has 0 radical (unpaired) electrons. The van der Waals surface area contributed by atoms with Crippen molar-refractivity contribution in [1.82, 2.24) is 10.6 Å². The minimum Gasteiger partial charge on any atom is -0.377 e. The van der Waals surface area contributed by atoms with Gasteiger partial charge in [-0.3, -0.25) is 4.79 Å². The minimum atomic E-state index is -0.488. The van der Waals surface area contributed by atoms with E-state index in [0.29, 0.717) is 17.9 Å². The number of nitroso groups, excluding NO2 is 1. The quantitative estimate of drug-likeness (QED) is 0.834. The van der Waals surface area contributed by atoms with Gasteiger partial charge in [-0.2, -0.15) is 0 Å². The number of benzene rings is 2. The summed E-state index contributed by atoms with van der Waals surface area (Å²) in [6, 6.07) is 19.3. The van der Waals surface area contributed by atoms with Gasteiger partial charge in [-0.1, -0.05) is 60.7 Å². The highest BCUT2D eigenvalue weighted by molar-refractivity contribution is 6.00. The van der Waals surface area contributed by atoms with E-state index in [0.717, 1.165) is 11.1 Å². The maximum Gasteiger partial charge on any atom is 0.280 e. The number of nitrogens with one attached hydrogen (secondary N) is 2. The molecule has 2 aromatic carbocycles. The van der Waals surface area contributed by atoms with Gasteiger partial charge in [-0.15, -0.1) is 4.91 Å². The molecule has 0 spiro atoms. The zero-order valence-electron chi connectivity index (χ0n) is 12.3. The number of hydrogen-bond donors (Lipinski definition) is 2. The van der Waals surface area contributed by atoms with Crippen LogP contribution in [0.4, 0.5) is 0 Å². The topological polar surface area (TPSA) is 70.6 Å². The fourth-order valence-corrected chi connectivity index (χ4v) is 2.36. The third-order valence-corrected chi connectivity index (χ3v) is 3.48. The Labute approximate surface area is 133 Å². The first-order valence-corrected chi connectivity index (χ1v) is 7.22. The van der Waals surface area contributed by atoms with Crippen LogP contribution in [0.1, 0.15) is 11.1 Å². The zero-order chi connectivity index (χ0) is 16.1. The van der Waals surface area contributed by atoms with Crippen molar-refractivity contribution in [1.29, 1.82) is 0 Å². The van der Waals surface area contributed by atoms with E-state index in [-0.39, 0.29) is 5.70 Å². The number of rotatable bonds is 5. The average molecular weight is 305 g/mol. The molecule has 2 N–H and O–H groups in total. The molecule has 0 aliphatic carbocycles. The number of carbonyl (C=O) groups excluding carboxylic acids is 1. The summed E-state index contributed by atoms with van der Waals surface area (Å²) in [6.45, 7) is 0.496. The van der Waals surface area contributed by atoms with Gasteiger partial charge in [0, 0.05) is 6.54 Å². The van der Waals surface area contributed by atoms with Crippen molar-refractivity contribution in [3.8, 4) is 0 Å². The summed E-state index contributed by atoms with van der Waals surface area (Å²) < 4.78 is 0. The van der Waals surface area contributed by atoms with E-state index in [9.17, 15) is 9.70 Å². The highest BCUT2D eigenvalue weighted by Gasteiger charge is 2.28. The molecule has 0 aromatic heterocycles. The molecule has 2 aromatic rings. The number of nitrogens with zero attached hydrogens (tertiary/aromatic N) is 1. The number of amides is 1. The van der Waals surface area contributed by atoms with Gasteiger partial charge in [0.2, 0.25) is 0 Å². The second-order valence-corrected chi connectivity index (χ2v) is 5.08. The molecule has 5 nitrogen and oxygen atoms in total. The highest BCUT2D eigenvalue weighted by atomic mass is 16.3. The van der Waals surface area contributed by atoms with Crippen LogP contribution in [-0.2, 0) is 11.3 Å². The standard InChI is InChI=1S/C18H15N3O2/c22-18-17(21-23)16(19-12-14-9-5-2-6-10-14)15(20-18)11-13-7-3-1-4-8-13/h1-11,19H,12H2,(H,20,22). The molecule has 23 heavy (non-hydrogen) atoms. The molecule has 0 saturated heterocycles. The highest BCUT2D eigenvalue weighted by Crippen LogP contribution is 2.22. The van der Waals surface area contributed by atoms with E-state index in [1.807, 2.05) is 66.7 Å². The van der Waals surface area contributed by atoms with Crippen LogP contribution < -0.4 is 10.6 Å². The maximum atomic E-state index is 11.9. The molecule has 0 saturated carbocycles. The predicted molar refractivity (Wildman–Crippen MR) is 88.7 cm³/mol. The van der Waals surface area contributed by atoms with Crippen molar-refractivity contribution < 1.29 is 4.79 Å². The van der Waals surface area contributed by atoms with Gasteiger partial charge in [0.15, 0.2) is 5.70 Å². The van der Waals surface area contributed by atoms with Crippen molar-refractivity contribution in [2.45, 2.75) is 6.54 Å². The van der Waals surface area contributed by atoms with Crippen molar-refractivity contribution in [3.63, 3.8) is 0 Å². The Hall–Kier alpha value is -3.21. The van der Waals surface area contributed by atoms with E-state index in [2.05, 4.69) is 15.8 Å². The van der Waals surface area contributed by atoms with Crippen molar-refractivity contribution in [3.05, 3.63) is 93.8 Å². The average Bonchev–Trinajstić information content (AvgIpc) is 2.89. The maximum absolute atomic E-state index is 11.9. The lowest BCUT2D eigenvalue weighted by Crippen LogP contribution is -2.18. The van der Waals surface area contributed by atoms with Gasteiger partial charge >= 0.3 is 0 Å². The third-order valence-electron chi connectivity index (χ3n) is 3.48. The summed E-state index contributed by atoms with van der Waals surface area (Å²) in [5.41, 5.74) is 2.82. The van der Waals surface area contributed by atoms with Crippen LogP contribution in [0.2, 0.25) is 0 Å². The lowest BCUT2D eigenvalue weighted by Gasteiger charge is -2.09. The van der Waals surface area contributed by atoms with Gasteiger partial charge in [0.05, 0.1) is 11.4 Å². The Morgan fingerprint density at radius 1 is 1.00 bits per heavy atom. The van der Waals surface area contributed by atoms with Crippen LogP contribution in [0.5, 0.6) is 0 Å². The summed E-state index contributed by atoms with van der Waals surface area (Å²) in [6.07, 6.45) is 1.81. The molecule has 1 heterocycles. The van der Waals surface area contributed by atoms with Crippen LogP contribution in [-0.4, -0.2) is 5.91 Å². The second kappa shape index (κ2) is 6.70. The summed E-state index contributed by atoms with van der Waals surface area (Å²) >= 11 is 0. The van der Waals surface area contributed by atoms with Crippen molar-refractivity contribution >= 4 is 12.0 Å². The first-order chi connectivity index (χ1) is 11.3. The number of carbonyl (C=O) groups is 1. The van der Waals surface area contributed by atoms with E-state index in [1.165, 1.54) is 0 Å². The van der Waals surface area contributed by atoms with Crippen molar-refractivity contribution in [2.24, 2.45) is 5.18 Å². The lowest BCUT2D eigenvalue weighted by atomic mass is 10.1. The molecule has 0 atom stereocenters. The molecule has 0 fully saturated rings.